The summed E-state index contributed by atoms with van der Waals surface area (Å²) in [6.07, 6.45) is 4.85. The summed E-state index contributed by atoms with van der Waals surface area (Å²) in [5, 5.41) is 6.43. The maximum atomic E-state index is 13.6. The lowest BCUT2D eigenvalue weighted by atomic mass is 9.76. The van der Waals surface area contributed by atoms with Gasteiger partial charge in [-0.15, -0.1) is 0 Å². The zero-order chi connectivity index (χ0) is 21.6. The van der Waals surface area contributed by atoms with Gasteiger partial charge in [0.05, 0.1) is 24.9 Å². The molecule has 2 amide bonds. The van der Waals surface area contributed by atoms with Crippen LogP contribution in [-0.2, 0) is 10.3 Å². The fraction of sp³-hybridized carbons (Fsp3) is 0.455. The van der Waals surface area contributed by atoms with E-state index >= 15 is 0 Å². The number of hydrogen-bond acceptors (Lipinski definition) is 5. The number of primary amides is 1. The lowest BCUT2D eigenvalue weighted by Gasteiger charge is -2.40. The Hall–Kier alpha value is -2.71. The molecule has 1 aromatic heterocycles. The second-order valence-corrected chi connectivity index (χ2v) is 7.57. The van der Waals surface area contributed by atoms with Crippen molar-refractivity contribution in [1.82, 2.24) is 15.6 Å². The summed E-state index contributed by atoms with van der Waals surface area (Å²) in [5.41, 5.74) is 7.20. The smallest absolute Gasteiger partial charge is 0.312 e. The van der Waals surface area contributed by atoms with Gasteiger partial charge in [-0.2, -0.15) is 0 Å². The average Bonchev–Trinajstić information content (AvgIpc) is 2.75. The number of methoxy groups -OCH3 is 2. The quantitative estimate of drug-likeness (QED) is 0.575. The topological polar surface area (TPSA) is 98.5 Å². The van der Waals surface area contributed by atoms with Crippen molar-refractivity contribution < 1.29 is 18.7 Å². The molecule has 0 saturated heterocycles. The number of pyridine rings is 1. The van der Waals surface area contributed by atoms with E-state index in [1.165, 1.54) is 19.2 Å². The standard InChI is InChI=1S/C22H29FN4O3/c1-29-12-11-25-17-5-8-22(9-6-17,27-21(24)28)20-13-15(7-10-26-20)18-4-3-16(23)14-19(18)30-2/h3-4,7,10,13-14,17,25H,5-6,8-9,11-12H2,1-2H3,(H3,24,27,28). The first-order valence-electron chi connectivity index (χ1n) is 10.1. The van der Waals surface area contributed by atoms with E-state index in [0.717, 1.165) is 36.2 Å². The normalized spacial score (nSPS) is 21.2. The fourth-order valence-electron chi connectivity index (χ4n) is 4.12. The van der Waals surface area contributed by atoms with E-state index in [2.05, 4.69) is 15.6 Å². The van der Waals surface area contributed by atoms with E-state index in [-0.39, 0.29) is 5.82 Å². The van der Waals surface area contributed by atoms with Crippen molar-refractivity contribution in [3.63, 3.8) is 0 Å². The van der Waals surface area contributed by atoms with Crippen molar-refractivity contribution in [2.24, 2.45) is 5.73 Å². The van der Waals surface area contributed by atoms with E-state index < -0.39 is 11.6 Å². The highest BCUT2D eigenvalue weighted by Gasteiger charge is 2.39. The van der Waals surface area contributed by atoms with E-state index in [4.69, 9.17) is 15.2 Å². The molecule has 1 heterocycles. The number of carbonyl (C=O) groups excluding carboxylic acids is 1. The minimum Gasteiger partial charge on any atom is -0.496 e. The number of carbonyl (C=O) groups is 1. The molecule has 0 spiro atoms. The van der Waals surface area contributed by atoms with Crippen molar-refractivity contribution in [1.29, 1.82) is 0 Å². The van der Waals surface area contributed by atoms with Gasteiger partial charge in [-0.1, -0.05) is 0 Å². The molecule has 1 aliphatic rings. The number of rotatable bonds is 8. The Labute approximate surface area is 176 Å². The van der Waals surface area contributed by atoms with E-state index in [9.17, 15) is 9.18 Å². The van der Waals surface area contributed by atoms with E-state index in [1.54, 1.807) is 19.4 Å². The molecule has 2 aromatic rings. The molecule has 0 radical (unpaired) electrons. The molecule has 0 aliphatic heterocycles. The summed E-state index contributed by atoms with van der Waals surface area (Å²) in [6, 6.07) is 7.96. The predicted molar refractivity (Wildman–Crippen MR) is 113 cm³/mol. The number of nitrogens with zero attached hydrogens (tertiary/aromatic N) is 1. The number of amides is 2. The van der Waals surface area contributed by atoms with Gasteiger partial charge in [-0.05, 0) is 55.5 Å². The van der Waals surface area contributed by atoms with Crippen LogP contribution in [-0.4, -0.2) is 44.4 Å². The lowest BCUT2D eigenvalue weighted by Crippen LogP contribution is -2.52. The molecule has 7 nitrogen and oxygen atoms in total. The monoisotopic (exact) mass is 416 g/mol. The van der Waals surface area contributed by atoms with Crippen molar-refractivity contribution >= 4 is 6.03 Å². The van der Waals surface area contributed by atoms with Gasteiger partial charge < -0.3 is 25.8 Å². The zero-order valence-electron chi connectivity index (χ0n) is 17.4. The summed E-state index contributed by atoms with van der Waals surface area (Å²) in [5.74, 6) is 0.0751. The number of nitrogens with two attached hydrogens (primary N) is 1. The van der Waals surface area contributed by atoms with Crippen molar-refractivity contribution in [3.8, 4) is 16.9 Å². The Kier molecular flexibility index (Phi) is 7.23. The van der Waals surface area contributed by atoms with Crippen molar-refractivity contribution in [2.75, 3.05) is 27.4 Å². The maximum absolute atomic E-state index is 13.6. The second kappa shape index (κ2) is 9.86. The fourth-order valence-corrected chi connectivity index (χ4v) is 4.12. The molecule has 4 N–H and O–H groups in total. The highest BCUT2D eigenvalue weighted by molar-refractivity contribution is 5.74. The third-order valence-electron chi connectivity index (χ3n) is 5.67. The van der Waals surface area contributed by atoms with Crippen LogP contribution in [0.25, 0.3) is 11.1 Å². The third kappa shape index (κ3) is 5.06. The van der Waals surface area contributed by atoms with Crippen LogP contribution in [0.4, 0.5) is 9.18 Å². The molecule has 8 heteroatoms. The molecule has 30 heavy (non-hydrogen) atoms. The maximum Gasteiger partial charge on any atom is 0.312 e. The van der Waals surface area contributed by atoms with Crippen LogP contribution in [0.5, 0.6) is 5.75 Å². The first-order chi connectivity index (χ1) is 14.5. The number of halogens is 1. The van der Waals surface area contributed by atoms with Crippen LogP contribution < -0.4 is 21.1 Å². The SMILES string of the molecule is COCCNC1CCC(NC(N)=O)(c2cc(-c3ccc(F)cc3OC)ccn2)CC1. The van der Waals surface area contributed by atoms with E-state index in [1.807, 2.05) is 12.1 Å². The molecule has 1 aromatic carbocycles. The summed E-state index contributed by atoms with van der Waals surface area (Å²) in [4.78, 5) is 16.4. The Morgan fingerprint density at radius 3 is 2.70 bits per heavy atom. The van der Waals surface area contributed by atoms with Gasteiger partial charge in [0.25, 0.3) is 0 Å². The second-order valence-electron chi connectivity index (χ2n) is 7.57. The van der Waals surface area contributed by atoms with Crippen LogP contribution in [0.15, 0.2) is 36.5 Å². The van der Waals surface area contributed by atoms with Gasteiger partial charge in [0.2, 0.25) is 0 Å². The van der Waals surface area contributed by atoms with Gasteiger partial charge in [0.1, 0.15) is 11.6 Å². The summed E-state index contributed by atoms with van der Waals surface area (Å²) < 4.78 is 24.1. The first kappa shape index (κ1) is 22.0. The largest absolute Gasteiger partial charge is 0.496 e. The molecular formula is C22H29FN4O3. The summed E-state index contributed by atoms with van der Waals surface area (Å²) >= 11 is 0. The molecule has 0 unspecified atom stereocenters. The van der Waals surface area contributed by atoms with E-state index in [0.29, 0.717) is 31.2 Å². The molecule has 1 fully saturated rings. The van der Waals surface area contributed by atoms with Crippen LogP contribution >= 0.6 is 0 Å². The number of ether oxygens (including phenoxy) is 2. The van der Waals surface area contributed by atoms with Crippen molar-refractivity contribution in [3.05, 3.63) is 48.0 Å². The molecule has 1 aliphatic carbocycles. The van der Waals surface area contributed by atoms with Crippen LogP contribution in [0.1, 0.15) is 31.4 Å². The zero-order valence-corrected chi connectivity index (χ0v) is 17.4. The Bertz CT molecular complexity index is 869. The Balaban J connectivity index is 1.88. The average molecular weight is 416 g/mol. The van der Waals surface area contributed by atoms with Gasteiger partial charge in [0, 0.05) is 37.5 Å². The molecule has 0 bridgehead atoms. The van der Waals surface area contributed by atoms with Crippen molar-refractivity contribution in [2.45, 2.75) is 37.3 Å². The summed E-state index contributed by atoms with van der Waals surface area (Å²) in [7, 11) is 3.19. The van der Waals surface area contributed by atoms with Gasteiger partial charge in [-0.3, -0.25) is 4.98 Å². The van der Waals surface area contributed by atoms with Crippen LogP contribution in [0, 0.1) is 5.82 Å². The van der Waals surface area contributed by atoms with Crippen LogP contribution in [0.2, 0.25) is 0 Å². The van der Waals surface area contributed by atoms with Gasteiger partial charge in [0.15, 0.2) is 0 Å². The van der Waals surface area contributed by atoms with Gasteiger partial charge in [-0.25, -0.2) is 9.18 Å². The number of urea groups is 1. The molecule has 162 valence electrons. The third-order valence-corrected chi connectivity index (χ3v) is 5.67. The number of aromatic nitrogens is 1. The van der Waals surface area contributed by atoms with Gasteiger partial charge >= 0.3 is 6.03 Å². The molecule has 0 atom stereocenters. The molecular weight excluding hydrogens is 387 g/mol. The molecule has 1 saturated carbocycles. The summed E-state index contributed by atoms with van der Waals surface area (Å²) in [6.45, 7) is 1.44. The Morgan fingerprint density at radius 2 is 2.03 bits per heavy atom. The molecule has 3 rings (SSSR count). The highest BCUT2D eigenvalue weighted by atomic mass is 19.1. The lowest BCUT2D eigenvalue weighted by molar-refractivity contribution is 0.172. The van der Waals surface area contributed by atoms with Crippen LogP contribution in [0.3, 0.4) is 0 Å². The first-order valence-corrected chi connectivity index (χ1v) is 10.1. The predicted octanol–water partition coefficient (Wildman–Crippen LogP) is 2.94. The number of benzene rings is 1. The number of hydrogen-bond donors (Lipinski definition) is 3. The Morgan fingerprint density at radius 1 is 1.27 bits per heavy atom. The highest BCUT2D eigenvalue weighted by Crippen LogP contribution is 2.39. The number of nitrogens with one attached hydrogen (secondary N) is 2. The minimum atomic E-state index is -0.644. The minimum absolute atomic E-state index is 0.350.